The average molecular weight is 527 g/mol. The largest absolute Gasteiger partial charge is 1.00 e. The normalized spacial score (nSPS) is 11.6. The molecule has 0 N–H and O–H groups in total. The predicted molar refractivity (Wildman–Crippen MR) is 145 cm³/mol. The van der Waals surface area contributed by atoms with Crippen LogP contribution in [0.4, 0.5) is 0 Å². The van der Waals surface area contributed by atoms with Crippen LogP contribution in [0.15, 0.2) is 35.2 Å². The van der Waals surface area contributed by atoms with Crippen LogP contribution in [0.2, 0.25) is 0 Å². The smallest absolute Gasteiger partial charge is 0.744 e. The minimum atomic E-state index is -4.51. The van der Waals surface area contributed by atoms with E-state index in [1.165, 1.54) is 95.1 Å². The van der Waals surface area contributed by atoms with Gasteiger partial charge in [-0.1, -0.05) is 128 Å². The second kappa shape index (κ2) is 19.3. The third kappa shape index (κ3) is 12.6. The molecule has 0 aromatic heterocycles. The molecule has 0 heterocycles. The van der Waals surface area contributed by atoms with Crippen molar-refractivity contribution in [2.24, 2.45) is 0 Å². The molecule has 5 heteroatoms. The summed E-state index contributed by atoms with van der Waals surface area (Å²) in [6.45, 7) is 4.49. The molecule has 0 saturated heterocycles. The molecule has 0 spiro atoms. The summed E-state index contributed by atoms with van der Waals surface area (Å²) in [5, 5.41) is 1.55. The van der Waals surface area contributed by atoms with Gasteiger partial charge in [-0.3, -0.25) is 0 Å². The molecule has 2 aromatic rings. The second-order valence-electron chi connectivity index (χ2n) is 9.96. The Balaban J connectivity index is 0.00000612. The first kappa shape index (κ1) is 33.3. The van der Waals surface area contributed by atoms with Gasteiger partial charge in [-0.2, -0.15) is 0 Å². The Morgan fingerprint density at radius 1 is 0.629 bits per heavy atom. The van der Waals surface area contributed by atoms with Crippen molar-refractivity contribution < 1.29 is 64.4 Å². The fourth-order valence-electron chi connectivity index (χ4n) is 5.07. The number of unbranched alkanes of at least 4 members (excludes halogenated alkanes) is 14. The summed E-state index contributed by atoms with van der Waals surface area (Å²) < 4.78 is 36.2. The summed E-state index contributed by atoms with van der Waals surface area (Å²) in [6, 6.07) is 9.28. The van der Waals surface area contributed by atoms with E-state index in [2.05, 4.69) is 19.9 Å². The molecule has 3 nitrogen and oxygen atoms in total. The van der Waals surface area contributed by atoms with E-state index in [1.807, 2.05) is 12.1 Å². The van der Waals surface area contributed by atoms with Gasteiger partial charge >= 0.3 is 51.4 Å². The van der Waals surface area contributed by atoms with E-state index in [1.54, 1.807) is 6.07 Å². The number of benzene rings is 2. The molecule has 35 heavy (non-hydrogen) atoms. The van der Waals surface area contributed by atoms with Crippen molar-refractivity contribution in [1.82, 2.24) is 0 Å². The predicted octanol–water partition coefficient (Wildman–Crippen LogP) is 6.11. The van der Waals surface area contributed by atoms with Crippen LogP contribution in [0.25, 0.3) is 10.8 Å². The van der Waals surface area contributed by atoms with Gasteiger partial charge in [-0.25, -0.2) is 8.42 Å². The Labute approximate surface area is 258 Å². The number of hydrogen-bond donors (Lipinski definition) is 0. The zero-order valence-electron chi connectivity index (χ0n) is 22.7. The van der Waals surface area contributed by atoms with Crippen LogP contribution in [0.3, 0.4) is 0 Å². The van der Waals surface area contributed by atoms with E-state index in [-0.39, 0.29) is 56.3 Å². The summed E-state index contributed by atoms with van der Waals surface area (Å²) in [5.74, 6) is 0. The van der Waals surface area contributed by atoms with Gasteiger partial charge in [-0.05, 0) is 48.3 Å². The Morgan fingerprint density at radius 3 is 1.63 bits per heavy atom. The van der Waals surface area contributed by atoms with Crippen LogP contribution in [0.5, 0.6) is 0 Å². The third-order valence-corrected chi connectivity index (χ3v) is 7.94. The molecule has 0 amide bonds. The van der Waals surface area contributed by atoms with Crippen LogP contribution in [-0.2, 0) is 23.0 Å². The molecule has 0 radical (unpaired) electrons. The molecule has 2 aromatic carbocycles. The van der Waals surface area contributed by atoms with Gasteiger partial charge in [0.1, 0.15) is 10.1 Å². The van der Waals surface area contributed by atoms with Crippen molar-refractivity contribution in [3.8, 4) is 0 Å². The van der Waals surface area contributed by atoms with E-state index in [9.17, 15) is 13.0 Å². The molecule has 0 saturated carbocycles. The SMILES string of the molecule is CCCCCCCCCCc1ccc2cccc(S(=O)(=O)[O-])c2c1CCCCCCCCCC.[K+]. The van der Waals surface area contributed by atoms with Crippen LogP contribution in [0, 0.1) is 0 Å². The molecule has 0 atom stereocenters. The number of hydrogen-bond acceptors (Lipinski definition) is 3. The zero-order valence-corrected chi connectivity index (χ0v) is 26.7. The summed E-state index contributed by atoms with van der Waals surface area (Å²) in [5.41, 5.74) is 2.33. The van der Waals surface area contributed by atoms with Crippen LogP contribution in [0.1, 0.15) is 128 Å². The third-order valence-electron chi connectivity index (χ3n) is 7.06. The number of rotatable bonds is 19. The van der Waals surface area contributed by atoms with Crippen molar-refractivity contribution in [3.63, 3.8) is 0 Å². The molecule has 2 rings (SSSR count). The quantitative estimate of drug-likeness (QED) is 0.126. The molecule has 0 aliphatic carbocycles. The maximum atomic E-state index is 12.1. The van der Waals surface area contributed by atoms with Gasteiger partial charge in [0.25, 0.3) is 0 Å². The Kier molecular flexibility index (Phi) is 18.4. The van der Waals surface area contributed by atoms with Gasteiger partial charge in [0.2, 0.25) is 0 Å². The maximum Gasteiger partial charge on any atom is 1.00 e. The fourth-order valence-corrected chi connectivity index (χ4v) is 5.81. The topological polar surface area (TPSA) is 57.2 Å². The Hall–Kier alpha value is 0.246. The molecule has 0 aliphatic rings. The fraction of sp³-hybridized carbons (Fsp3) is 0.667. The van der Waals surface area contributed by atoms with E-state index in [0.29, 0.717) is 5.39 Å². The Bertz CT molecular complexity index is 940. The van der Waals surface area contributed by atoms with E-state index in [4.69, 9.17) is 0 Å². The summed E-state index contributed by atoms with van der Waals surface area (Å²) in [7, 11) is -4.51. The van der Waals surface area contributed by atoms with Crippen molar-refractivity contribution in [2.75, 3.05) is 0 Å². The number of fused-ring (bicyclic) bond motifs is 1. The average Bonchev–Trinajstić information content (AvgIpc) is 2.82. The van der Waals surface area contributed by atoms with Crippen LogP contribution < -0.4 is 51.4 Å². The van der Waals surface area contributed by atoms with Crippen LogP contribution in [-0.4, -0.2) is 13.0 Å². The van der Waals surface area contributed by atoms with E-state index in [0.717, 1.165) is 43.1 Å². The van der Waals surface area contributed by atoms with Crippen LogP contribution >= 0.6 is 0 Å². The monoisotopic (exact) mass is 526 g/mol. The first-order chi connectivity index (χ1) is 16.5. The van der Waals surface area contributed by atoms with E-state index < -0.39 is 10.1 Å². The van der Waals surface area contributed by atoms with Crippen molar-refractivity contribution >= 4 is 20.9 Å². The van der Waals surface area contributed by atoms with Gasteiger partial charge in [0.15, 0.2) is 0 Å². The molecule has 0 bridgehead atoms. The number of aryl methyl sites for hydroxylation is 2. The molecule has 0 unspecified atom stereocenters. The Morgan fingerprint density at radius 2 is 1.11 bits per heavy atom. The van der Waals surface area contributed by atoms with Crippen molar-refractivity contribution in [1.29, 1.82) is 0 Å². The van der Waals surface area contributed by atoms with Crippen molar-refractivity contribution in [3.05, 3.63) is 41.5 Å². The summed E-state index contributed by atoms with van der Waals surface area (Å²) >= 11 is 0. The summed E-state index contributed by atoms with van der Waals surface area (Å²) in [4.78, 5) is -0.0441. The molecule has 192 valence electrons. The molecular weight excluding hydrogens is 479 g/mol. The zero-order chi connectivity index (χ0) is 24.7. The molecule has 0 aliphatic heterocycles. The minimum absolute atomic E-state index is 0. The molecular formula is C30H47KO3S. The molecule has 0 fully saturated rings. The van der Waals surface area contributed by atoms with Crippen molar-refractivity contribution in [2.45, 2.75) is 134 Å². The second-order valence-corrected chi connectivity index (χ2v) is 11.3. The first-order valence-corrected chi connectivity index (χ1v) is 15.4. The minimum Gasteiger partial charge on any atom is -0.744 e. The first-order valence-electron chi connectivity index (χ1n) is 14.0. The van der Waals surface area contributed by atoms with E-state index >= 15 is 0 Å². The van der Waals surface area contributed by atoms with Gasteiger partial charge in [0, 0.05) is 5.39 Å². The van der Waals surface area contributed by atoms with Gasteiger partial charge in [-0.15, -0.1) is 0 Å². The standard InChI is InChI=1S/C30H48O3S.K/c1-3-5-7-9-11-13-15-17-20-26-24-25-27-21-19-23-29(34(31,32)33)30(27)28(26)22-18-16-14-12-10-8-6-4-2;/h19,21,23-25H,3-18,20,22H2,1-2H3,(H,31,32,33);/q;+1/p-1. The maximum absolute atomic E-state index is 12.1. The van der Waals surface area contributed by atoms with Gasteiger partial charge in [0.05, 0.1) is 4.90 Å². The summed E-state index contributed by atoms with van der Waals surface area (Å²) in [6.07, 6.45) is 22.0. The van der Waals surface area contributed by atoms with Gasteiger partial charge < -0.3 is 4.55 Å².